The molecule has 0 aromatic rings. The summed E-state index contributed by atoms with van der Waals surface area (Å²) in [5.74, 6) is 0. The van der Waals surface area contributed by atoms with E-state index >= 15 is 0 Å². The van der Waals surface area contributed by atoms with E-state index in [4.69, 9.17) is 0 Å². The molecular formula is C18H36Te. The van der Waals surface area contributed by atoms with Gasteiger partial charge in [-0.2, -0.15) is 0 Å². The van der Waals surface area contributed by atoms with Crippen molar-refractivity contribution in [3.63, 3.8) is 0 Å². The summed E-state index contributed by atoms with van der Waals surface area (Å²) in [6.45, 7) is 2.30. The molecule has 0 aromatic carbocycles. The van der Waals surface area contributed by atoms with Crippen LogP contribution in [0.4, 0.5) is 0 Å². The van der Waals surface area contributed by atoms with Gasteiger partial charge in [0.15, 0.2) is 0 Å². The third-order valence-electron chi connectivity index (χ3n) is 4.28. The zero-order chi connectivity index (χ0) is 13.6. The van der Waals surface area contributed by atoms with Gasteiger partial charge >= 0.3 is 100.0 Å². The van der Waals surface area contributed by atoms with Crippen LogP contribution in [-0.4, -0.2) is 20.9 Å². The fourth-order valence-electron chi connectivity index (χ4n) is 2.80. The van der Waals surface area contributed by atoms with Crippen LogP contribution in [-0.2, 0) is 0 Å². The Balaban J connectivity index is 1.60. The molecule has 0 radical (unpaired) electrons. The molecule has 1 rings (SSSR count). The van der Waals surface area contributed by atoms with Crippen molar-refractivity contribution >= 4 is 20.9 Å². The van der Waals surface area contributed by atoms with E-state index in [1.165, 1.54) is 87.4 Å². The zero-order valence-corrected chi connectivity index (χ0v) is 15.6. The van der Waals surface area contributed by atoms with Crippen molar-refractivity contribution in [2.24, 2.45) is 0 Å². The second kappa shape index (κ2) is 13.8. The van der Waals surface area contributed by atoms with Crippen molar-refractivity contribution in [1.29, 1.82) is 0 Å². The molecule has 0 aliphatic carbocycles. The number of rotatable bonds is 15. The molecule has 1 heteroatoms. The van der Waals surface area contributed by atoms with Crippen LogP contribution in [0.25, 0.3) is 0 Å². The monoisotopic (exact) mass is 382 g/mol. The molecule has 0 aromatic heterocycles. The van der Waals surface area contributed by atoms with Gasteiger partial charge < -0.3 is 0 Å². The summed E-state index contributed by atoms with van der Waals surface area (Å²) in [5, 5.41) is 0. The average Bonchev–Trinajstić information content (AvgIpc) is 3.23. The fraction of sp³-hybridized carbons (Fsp3) is 1.00. The third-order valence-corrected chi connectivity index (χ3v) is 7.25. The number of unbranched alkanes of at least 4 members (excludes halogenated alkanes) is 13. The maximum atomic E-state index is 2.30. The molecule has 114 valence electrons. The minimum absolute atomic E-state index is 0.583. The summed E-state index contributed by atoms with van der Waals surface area (Å²) in [7, 11) is 0. The van der Waals surface area contributed by atoms with Gasteiger partial charge in [0.05, 0.1) is 0 Å². The standard InChI is InChI=1S/C18H36Te/c1-2-3-4-5-6-7-8-9-10-11-12-13-14-15-16-18-17-19-18/h18H,2-17H2,1H3. The van der Waals surface area contributed by atoms with Gasteiger partial charge in [0, 0.05) is 0 Å². The van der Waals surface area contributed by atoms with Crippen molar-refractivity contribution in [3.8, 4) is 0 Å². The summed E-state index contributed by atoms with van der Waals surface area (Å²) in [4.78, 5) is 0. The van der Waals surface area contributed by atoms with Gasteiger partial charge in [0.2, 0.25) is 0 Å². The summed E-state index contributed by atoms with van der Waals surface area (Å²) in [6.07, 6.45) is 22.5. The molecule has 0 amide bonds. The van der Waals surface area contributed by atoms with E-state index in [9.17, 15) is 0 Å². The molecule has 1 atom stereocenters. The molecule has 1 unspecified atom stereocenters. The number of hydrogen-bond donors (Lipinski definition) is 0. The molecular weight excluding hydrogens is 344 g/mol. The molecule has 1 saturated heterocycles. The van der Waals surface area contributed by atoms with Crippen molar-refractivity contribution in [3.05, 3.63) is 0 Å². The van der Waals surface area contributed by atoms with Gasteiger partial charge in [0.25, 0.3) is 0 Å². The molecule has 0 spiro atoms. The number of hydrogen-bond acceptors (Lipinski definition) is 0. The van der Waals surface area contributed by atoms with Crippen molar-refractivity contribution < 1.29 is 0 Å². The van der Waals surface area contributed by atoms with Crippen LogP contribution in [0.15, 0.2) is 0 Å². The summed E-state index contributed by atoms with van der Waals surface area (Å²) < 4.78 is 2.95. The Bertz CT molecular complexity index is 175. The van der Waals surface area contributed by atoms with Crippen LogP contribution < -0.4 is 0 Å². The molecule has 0 N–H and O–H groups in total. The van der Waals surface area contributed by atoms with Crippen LogP contribution >= 0.6 is 0 Å². The van der Waals surface area contributed by atoms with Gasteiger partial charge in [-0.15, -0.1) is 0 Å². The first-order valence-corrected chi connectivity index (χ1v) is 12.0. The predicted octanol–water partition coefficient (Wildman–Crippen LogP) is 6.78. The van der Waals surface area contributed by atoms with Crippen LogP contribution in [0.2, 0.25) is 8.43 Å². The Kier molecular flexibility index (Phi) is 12.9. The van der Waals surface area contributed by atoms with E-state index < -0.39 is 0 Å². The van der Waals surface area contributed by atoms with Crippen molar-refractivity contribution in [1.82, 2.24) is 0 Å². The summed E-state index contributed by atoms with van der Waals surface area (Å²) in [6, 6.07) is 0. The quantitative estimate of drug-likeness (QED) is 0.217. The van der Waals surface area contributed by atoms with Crippen molar-refractivity contribution in [2.75, 3.05) is 0 Å². The van der Waals surface area contributed by atoms with Gasteiger partial charge in [-0.25, -0.2) is 0 Å². The van der Waals surface area contributed by atoms with E-state index in [0.29, 0.717) is 20.9 Å². The Morgan fingerprint density at radius 2 is 1.00 bits per heavy atom. The second-order valence-corrected chi connectivity index (χ2v) is 10.1. The zero-order valence-electron chi connectivity index (χ0n) is 13.3. The van der Waals surface area contributed by atoms with E-state index in [-0.39, 0.29) is 0 Å². The van der Waals surface area contributed by atoms with E-state index in [1.807, 2.05) is 0 Å². The fourth-order valence-corrected chi connectivity index (χ4v) is 4.62. The molecule has 0 nitrogen and oxygen atoms in total. The first kappa shape index (κ1) is 17.8. The van der Waals surface area contributed by atoms with E-state index in [0.717, 1.165) is 0 Å². The predicted molar refractivity (Wildman–Crippen MR) is 89.2 cm³/mol. The Labute approximate surface area is 132 Å². The van der Waals surface area contributed by atoms with Crippen LogP contribution in [0, 0.1) is 0 Å². The summed E-state index contributed by atoms with van der Waals surface area (Å²) in [5.41, 5.74) is 0. The van der Waals surface area contributed by atoms with Gasteiger partial charge in [-0.05, 0) is 0 Å². The Morgan fingerprint density at radius 1 is 0.632 bits per heavy atom. The average molecular weight is 380 g/mol. The van der Waals surface area contributed by atoms with Gasteiger partial charge in [-0.3, -0.25) is 0 Å². The van der Waals surface area contributed by atoms with Crippen LogP contribution in [0.3, 0.4) is 0 Å². The molecule has 1 heterocycles. The Morgan fingerprint density at radius 3 is 1.37 bits per heavy atom. The molecule has 1 aliphatic rings. The maximum absolute atomic E-state index is 2.30. The summed E-state index contributed by atoms with van der Waals surface area (Å²) >= 11 is 0.583. The topological polar surface area (TPSA) is 0 Å². The normalized spacial score (nSPS) is 17.8. The van der Waals surface area contributed by atoms with E-state index in [1.54, 1.807) is 17.3 Å². The Hall–Kier alpha value is 0.790. The van der Waals surface area contributed by atoms with Crippen LogP contribution in [0.5, 0.6) is 0 Å². The molecule has 1 fully saturated rings. The SMILES string of the molecule is CCCCCCCCCCCCCCCCC1C[Te]1. The molecule has 0 bridgehead atoms. The second-order valence-electron chi connectivity index (χ2n) is 6.34. The molecule has 0 saturated carbocycles. The van der Waals surface area contributed by atoms with Crippen LogP contribution in [0.1, 0.15) is 103 Å². The van der Waals surface area contributed by atoms with Gasteiger partial charge in [0.1, 0.15) is 0 Å². The first-order chi connectivity index (χ1) is 9.43. The first-order valence-electron chi connectivity index (χ1n) is 9.05. The van der Waals surface area contributed by atoms with Gasteiger partial charge in [-0.1, -0.05) is 32.6 Å². The van der Waals surface area contributed by atoms with Crippen molar-refractivity contribution in [2.45, 2.75) is 112 Å². The molecule has 19 heavy (non-hydrogen) atoms. The van der Waals surface area contributed by atoms with E-state index in [2.05, 4.69) is 6.92 Å². The molecule has 1 aliphatic heterocycles. The third kappa shape index (κ3) is 13.5. The minimum atomic E-state index is 0.583.